The van der Waals surface area contributed by atoms with Gasteiger partial charge in [-0.15, -0.1) is 11.6 Å². The Morgan fingerprint density at radius 2 is 1.78 bits per heavy atom. The quantitative estimate of drug-likeness (QED) is 0.551. The van der Waals surface area contributed by atoms with Crippen molar-refractivity contribution in [2.24, 2.45) is 0 Å². The number of hydrogen-bond donors (Lipinski definition) is 0. The highest BCUT2D eigenvalue weighted by atomic mass is 79.9. The van der Waals surface area contributed by atoms with Crippen LogP contribution in [0.15, 0.2) is 45.3 Å². The molecule has 2 aromatic rings. The van der Waals surface area contributed by atoms with Gasteiger partial charge in [0, 0.05) is 14.5 Å². The number of halogens is 4. The topological polar surface area (TPSA) is 0 Å². The first-order valence-corrected chi connectivity index (χ1v) is 7.36. The van der Waals surface area contributed by atoms with E-state index in [1.807, 2.05) is 25.1 Å². The van der Waals surface area contributed by atoms with Crippen molar-refractivity contribution < 1.29 is 4.39 Å². The van der Waals surface area contributed by atoms with Crippen LogP contribution in [0.25, 0.3) is 0 Å². The maximum atomic E-state index is 13.8. The highest BCUT2D eigenvalue weighted by Crippen LogP contribution is 2.36. The highest BCUT2D eigenvalue weighted by Gasteiger charge is 2.18. The molecule has 0 aliphatic rings. The Bertz CT molecular complexity index is 533. The molecule has 0 spiro atoms. The minimum absolute atomic E-state index is 0.285. The summed E-state index contributed by atoms with van der Waals surface area (Å²) in [6.07, 6.45) is 0. The van der Waals surface area contributed by atoms with Gasteiger partial charge in [-0.05, 0) is 36.8 Å². The largest absolute Gasteiger partial charge is 0.207 e. The summed E-state index contributed by atoms with van der Waals surface area (Å²) in [4.78, 5) is 0. The molecular formula is C14H10Br2ClF. The summed E-state index contributed by atoms with van der Waals surface area (Å²) in [5.41, 5.74) is 2.33. The molecule has 0 saturated carbocycles. The van der Waals surface area contributed by atoms with Crippen LogP contribution in [0.3, 0.4) is 0 Å². The van der Waals surface area contributed by atoms with E-state index in [2.05, 4.69) is 31.9 Å². The Morgan fingerprint density at radius 1 is 1.06 bits per heavy atom. The van der Waals surface area contributed by atoms with E-state index in [9.17, 15) is 4.39 Å². The number of aryl methyl sites for hydroxylation is 1. The number of benzene rings is 2. The summed E-state index contributed by atoms with van der Waals surface area (Å²) in [5.74, 6) is -0.285. The molecule has 0 aromatic heterocycles. The predicted molar refractivity (Wildman–Crippen MR) is 80.7 cm³/mol. The van der Waals surface area contributed by atoms with E-state index in [0.29, 0.717) is 5.56 Å². The molecule has 0 radical (unpaired) electrons. The lowest BCUT2D eigenvalue weighted by Gasteiger charge is -2.14. The van der Waals surface area contributed by atoms with Crippen molar-refractivity contribution in [3.05, 3.63) is 67.9 Å². The van der Waals surface area contributed by atoms with Gasteiger partial charge in [0.25, 0.3) is 0 Å². The van der Waals surface area contributed by atoms with Crippen LogP contribution >= 0.6 is 43.5 Å². The monoisotopic (exact) mass is 390 g/mol. The standard InChI is InChI=1S/C14H10Br2ClF/c1-8-2-5-13(18)11(6-8)14(17)10-7-9(15)3-4-12(10)16/h2-7,14H,1H3. The first kappa shape index (κ1) is 14.0. The third-order valence-electron chi connectivity index (χ3n) is 2.66. The average molecular weight is 392 g/mol. The van der Waals surface area contributed by atoms with Crippen molar-refractivity contribution in [2.75, 3.05) is 0 Å². The van der Waals surface area contributed by atoms with E-state index in [0.717, 1.165) is 20.1 Å². The maximum Gasteiger partial charge on any atom is 0.128 e. The van der Waals surface area contributed by atoms with Crippen molar-refractivity contribution in [1.82, 2.24) is 0 Å². The molecule has 0 fully saturated rings. The molecule has 0 aliphatic carbocycles. The molecule has 1 atom stereocenters. The molecule has 0 heterocycles. The summed E-state index contributed by atoms with van der Waals surface area (Å²) in [7, 11) is 0. The molecule has 4 heteroatoms. The molecule has 0 N–H and O–H groups in total. The number of alkyl halides is 1. The Morgan fingerprint density at radius 3 is 2.50 bits per heavy atom. The first-order valence-electron chi connectivity index (χ1n) is 5.34. The molecular weight excluding hydrogens is 382 g/mol. The second-order valence-corrected chi connectivity index (χ2v) is 6.26. The Hall–Kier alpha value is -0.380. The van der Waals surface area contributed by atoms with Gasteiger partial charge in [0.1, 0.15) is 5.82 Å². The zero-order valence-electron chi connectivity index (χ0n) is 9.55. The lowest BCUT2D eigenvalue weighted by atomic mass is 10.0. The molecule has 1 unspecified atom stereocenters. The van der Waals surface area contributed by atoms with Gasteiger partial charge >= 0.3 is 0 Å². The van der Waals surface area contributed by atoms with Gasteiger partial charge in [0.2, 0.25) is 0 Å². The second-order valence-electron chi connectivity index (χ2n) is 4.05. The predicted octanol–water partition coefficient (Wildman–Crippen LogP) is 5.99. The highest BCUT2D eigenvalue weighted by molar-refractivity contribution is 9.11. The second kappa shape index (κ2) is 5.72. The molecule has 94 valence electrons. The van der Waals surface area contributed by atoms with Crippen LogP contribution in [0.4, 0.5) is 4.39 Å². The van der Waals surface area contributed by atoms with Gasteiger partial charge in [-0.3, -0.25) is 0 Å². The van der Waals surface area contributed by atoms with Gasteiger partial charge < -0.3 is 0 Å². The van der Waals surface area contributed by atoms with Crippen LogP contribution < -0.4 is 0 Å². The fraction of sp³-hybridized carbons (Fsp3) is 0.143. The Balaban J connectivity index is 2.50. The fourth-order valence-electron chi connectivity index (χ4n) is 1.73. The summed E-state index contributed by atoms with van der Waals surface area (Å²) in [6.45, 7) is 1.92. The third-order valence-corrected chi connectivity index (χ3v) is 4.34. The van der Waals surface area contributed by atoms with Gasteiger partial charge in [-0.25, -0.2) is 4.39 Å². The minimum Gasteiger partial charge on any atom is -0.207 e. The third kappa shape index (κ3) is 2.95. The van der Waals surface area contributed by atoms with Gasteiger partial charge in [0.15, 0.2) is 0 Å². The Labute approximate surface area is 127 Å². The van der Waals surface area contributed by atoms with E-state index in [1.54, 1.807) is 12.1 Å². The van der Waals surface area contributed by atoms with E-state index >= 15 is 0 Å². The molecule has 0 nitrogen and oxygen atoms in total. The van der Waals surface area contributed by atoms with Crippen LogP contribution in [0, 0.1) is 12.7 Å². The molecule has 0 aliphatic heterocycles. The summed E-state index contributed by atoms with van der Waals surface area (Å²) < 4.78 is 15.6. The van der Waals surface area contributed by atoms with Crippen molar-refractivity contribution in [2.45, 2.75) is 12.3 Å². The Kier molecular flexibility index (Phi) is 4.46. The van der Waals surface area contributed by atoms with Crippen LogP contribution in [0.5, 0.6) is 0 Å². The van der Waals surface area contributed by atoms with Crippen LogP contribution in [-0.4, -0.2) is 0 Å². The lowest BCUT2D eigenvalue weighted by Crippen LogP contribution is -1.99. The zero-order chi connectivity index (χ0) is 13.3. The van der Waals surface area contributed by atoms with E-state index in [-0.39, 0.29) is 5.82 Å². The molecule has 2 rings (SSSR count). The average Bonchev–Trinajstić information content (AvgIpc) is 2.34. The molecule has 0 bridgehead atoms. The fourth-order valence-corrected chi connectivity index (χ4v) is 3.07. The van der Waals surface area contributed by atoms with Crippen molar-refractivity contribution in [1.29, 1.82) is 0 Å². The van der Waals surface area contributed by atoms with Crippen LogP contribution in [0.1, 0.15) is 22.1 Å². The van der Waals surface area contributed by atoms with Crippen LogP contribution in [-0.2, 0) is 0 Å². The van der Waals surface area contributed by atoms with Gasteiger partial charge in [0.05, 0.1) is 5.38 Å². The molecule has 0 saturated heterocycles. The number of hydrogen-bond acceptors (Lipinski definition) is 0. The smallest absolute Gasteiger partial charge is 0.128 e. The first-order chi connectivity index (χ1) is 8.49. The van der Waals surface area contributed by atoms with E-state index < -0.39 is 5.38 Å². The lowest BCUT2D eigenvalue weighted by molar-refractivity contribution is 0.611. The SMILES string of the molecule is Cc1ccc(F)c(C(Cl)c2cc(Br)ccc2Br)c1. The summed E-state index contributed by atoms with van der Waals surface area (Å²) in [6, 6.07) is 10.7. The summed E-state index contributed by atoms with van der Waals surface area (Å²) in [5, 5.41) is -0.517. The van der Waals surface area contributed by atoms with Gasteiger partial charge in [-0.1, -0.05) is 49.6 Å². The molecule has 0 amide bonds. The zero-order valence-corrected chi connectivity index (χ0v) is 13.5. The van der Waals surface area contributed by atoms with Crippen LogP contribution in [0.2, 0.25) is 0 Å². The molecule has 18 heavy (non-hydrogen) atoms. The minimum atomic E-state index is -0.517. The maximum absolute atomic E-state index is 13.8. The normalized spacial score (nSPS) is 12.5. The van der Waals surface area contributed by atoms with Crippen molar-refractivity contribution in [3.8, 4) is 0 Å². The van der Waals surface area contributed by atoms with E-state index in [4.69, 9.17) is 11.6 Å². The number of rotatable bonds is 2. The van der Waals surface area contributed by atoms with Gasteiger partial charge in [-0.2, -0.15) is 0 Å². The van der Waals surface area contributed by atoms with Crippen molar-refractivity contribution in [3.63, 3.8) is 0 Å². The van der Waals surface area contributed by atoms with E-state index in [1.165, 1.54) is 6.07 Å². The van der Waals surface area contributed by atoms with Crippen molar-refractivity contribution >= 4 is 43.5 Å². The molecule has 2 aromatic carbocycles. The summed E-state index contributed by atoms with van der Waals surface area (Å²) >= 11 is 13.2.